The molecule has 1 aliphatic heterocycles. The molecule has 27 nitrogen and oxygen atoms in total. The van der Waals surface area contributed by atoms with Crippen molar-refractivity contribution < 1.29 is 83.4 Å². The zero-order valence-corrected chi connectivity index (χ0v) is 47.3. The van der Waals surface area contributed by atoms with Crippen molar-refractivity contribution in [1.29, 1.82) is 0 Å². The molecule has 11 N–H and O–H groups in total. The van der Waals surface area contributed by atoms with E-state index in [9.17, 15) is 78.3 Å². The van der Waals surface area contributed by atoms with Gasteiger partial charge in [-0.1, -0.05) is 28.1 Å². The molecule has 0 aromatic heterocycles. The monoisotopic (exact) mass is 1290 g/mol. The molecule has 79 heavy (non-hydrogen) atoms. The lowest BCUT2D eigenvalue weighted by Crippen LogP contribution is -2.51. The van der Waals surface area contributed by atoms with Gasteiger partial charge in [0.2, 0.25) is 11.8 Å². The highest BCUT2D eigenvalue weighted by Gasteiger charge is 2.26. The molecule has 1 saturated heterocycles. The van der Waals surface area contributed by atoms with E-state index in [4.69, 9.17) is 5.11 Å². The van der Waals surface area contributed by atoms with Gasteiger partial charge >= 0.3 is 41.8 Å². The summed E-state index contributed by atoms with van der Waals surface area (Å²) < 4.78 is 1.44. The van der Waals surface area contributed by atoms with Gasteiger partial charge in [0.1, 0.15) is 12.1 Å². The van der Waals surface area contributed by atoms with Gasteiger partial charge in [0.05, 0.1) is 26.2 Å². The number of carbonyl (C=O) groups excluding carboxylic acids is 5. The quantitative estimate of drug-likeness (QED) is 0.0352. The maximum absolute atomic E-state index is 13.6. The lowest BCUT2D eigenvalue weighted by molar-refractivity contribution is -0.141. The number of carbonyl (C=O) groups is 11. The summed E-state index contributed by atoms with van der Waals surface area (Å²) in [5.74, 6) is -8.86. The molecule has 29 heteroatoms. The van der Waals surface area contributed by atoms with Crippen LogP contribution in [0.4, 0.5) is 4.79 Å². The Bertz CT molecular complexity index is 2390. The minimum Gasteiger partial charge on any atom is -0.481 e. The molecule has 1 fully saturated rings. The van der Waals surface area contributed by atoms with Crippen molar-refractivity contribution in [1.82, 2.24) is 51.1 Å². The number of urea groups is 1. The molecule has 3 rings (SSSR count). The van der Waals surface area contributed by atoms with Crippen LogP contribution < -0.4 is 26.6 Å². The van der Waals surface area contributed by atoms with Gasteiger partial charge in [0, 0.05) is 117 Å². The van der Waals surface area contributed by atoms with E-state index in [0.29, 0.717) is 22.8 Å². The summed E-state index contributed by atoms with van der Waals surface area (Å²) in [6.07, 6.45) is 0.590. The third kappa shape index (κ3) is 28.3. The van der Waals surface area contributed by atoms with Crippen LogP contribution in [0.15, 0.2) is 46.9 Å². The van der Waals surface area contributed by atoms with Gasteiger partial charge in [-0.05, 0) is 97.0 Å². The zero-order chi connectivity index (χ0) is 58.4. The molecule has 2 atom stereocenters. The van der Waals surface area contributed by atoms with Gasteiger partial charge < -0.3 is 62.1 Å². The van der Waals surface area contributed by atoms with Crippen LogP contribution in [0, 0.1) is 3.57 Å². The molecule has 2 aromatic carbocycles. The van der Waals surface area contributed by atoms with E-state index in [-0.39, 0.29) is 148 Å². The van der Waals surface area contributed by atoms with E-state index >= 15 is 0 Å². The molecular formula is C50H70BrIN10O17. The predicted molar refractivity (Wildman–Crippen MR) is 294 cm³/mol. The molecular weight excluding hydrogens is 1220 g/mol. The first-order valence-corrected chi connectivity index (χ1v) is 27.3. The van der Waals surface area contributed by atoms with Gasteiger partial charge in [-0.25, -0.2) is 14.4 Å². The molecule has 0 unspecified atom stereocenters. The first-order chi connectivity index (χ1) is 37.5. The molecule has 1 heterocycles. The van der Waals surface area contributed by atoms with Crippen LogP contribution in [0.5, 0.6) is 0 Å². The molecule has 0 radical (unpaired) electrons. The van der Waals surface area contributed by atoms with E-state index in [0.717, 1.165) is 10.0 Å². The first kappa shape index (κ1) is 66.7. The minimum atomic E-state index is -1.55. The second-order valence-electron chi connectivity index (χ2n) is 18.6. The fraction of sp³-hybridized carbons (Fsp3) is 0.540. The number of amides is 6. The summed E-state index contributed by atoms with van der Waals surface area (Å²) in [6, 6.07) is 7.95. The number of aliphatic carboxylic acids is 6. The number of unbranched alkanes of at least 4 members (excludes halogenated alkanes) is 2. The van der Waals surface area contributed by atoms with Crippen LogP contribution in [0.3, 0.4) is 0 Å². The molecule has 6 amide bonds. The average Bonchev–Trinajstić information content (AvgIpc) is 3.38. The summed E-state index contributed by atoms with van der Waals surface area (Å²) in [5.41, 5.74) is 1.25. The second kappa shape index (κ2) is 35.9. The van der Waals surface area contributed by atoms with Crippen LogP contribution in [0.2, 0.25) is 0 Å². The van der Waals surface area contributed by atoms with Crippen molar-refractivity contribution >= 4 is 104 Å². The van der Waals surface area contributed by atoms with Crippen LogP contribution >= 0.6 is 38.5 Å². The van der Waals surface area contributed by atoms with Gasteiger partial charge in [-0.3, -0.25) is 58.0 Å². The third-order valence-electron chi connectivity index (χ3n) is 12.3. The number of nitrogens with zero attached hydrogens (tertiary/aromatic N) is 5. The van der Waals surface area contributed by atoms with Crippen molar-refractivity contribution in [2.24, 2.45) is 0 Å². The summed E-state index contributed by atoms with van der Waals surface area (Å²) in [5, 5.41) is 68.9. The number of hydrogen-bond donors (Lipinski definition) is 11. The molecule has 2 aromatic rings. The van der Waals surface area contributed by atoms with Crippen LogP contribution in [0.1, 0.15) is 77.6 Å². The number of hydrogen-bond acceptors (Lipinski definition) is 15. The first-order valence-electron chi connectivity index (χ1n) is 25.4. The largest absolute Gasteiger partial charge is 0.481 e. The third-order valence-corrected chi connectivity index (χ3v) is 13.4. The second-order valence-corrected chi connectivity index (χ2v) is 20.8. The zero-order valence-electron chi connectivity index (χ0n) is 43.5. The molecule has 0 aliphatic carbocycles. The molecule has 0 bridgehead atoms. The Morgan fingerprint density at radius 3 is 1.46 bits per heavy atom. The van der Waals surface area contributed by atoms with Crippen molar-refractivity contribution in [2.45, 2.75) is 70.0 Å². The van der Waals surface area contributed by atoms with Gasteiger partial charge in [0.25, 0.3) is 11.8 Å². The Hall–Kier alpha value is -6.54. The topological polar surface area (TPSA) is 386 Å². The number of benzene rings is 2. The highest BCUT2D eigenvalue weighted by molar-refractivity contribution is 14.1. The molecule has 0 spiro atoms. The summed E-state index contributed by atoms with van der Waals surface area (Å²) in [6.45, 7) is 1.68. The summed E-state index contributed by atoms with van der Waals surface area (Å²) in [7, 11) is 0. The van der Waals surface area contributed by atoms with Gasteiger partial charge in [-0.2, -0.15) is 0 Å². The number of nitrogens with one attached hydrogen (secondary N) is 5. The minimum absolute atomic E-state index is 0.0308. The van der Waals surface area contributed by atoms with Gasteiger partial charge in [-0.15, -0.1) is 0 Å². The van der Waals surface area contributed by atoms with Gasteiger partial charge in [0.15, 0.2) is 0 Å². The van der Waals surface area contributed by atoms with Crippen LogP contribution in [-0.2, 0) is 44.9 Å². The molecule has 0 saturated carbocycles. The number of carboxylic acids is 6. The maximum Gasteiger partial charge on any atom is 0.326 e. The lowest BCUT2D eigenvalue weighted by atomic mass is 10.1. The summed E-state index contributed by atoms with van der Waals surface area (Å²) >= 11 is 5.38. The van der Waals surface area contributed by atoms with E-state index in [1.54, 1.807) is 36.6 Å². The Labute approximate surface area is 478 Å². The number of carboxylic acid groups (broad SMARTS) is 6. The average molecular weight is 1290 g/mol. The normalized spacial score (nSPS) is 14.7. The van der Waals surface area contributed by atoms with Crippen molar-refractivity contribution in [3.63, 3.8) is 0 Å². The van der Waals surface area contributed by atoms with E-state index < -0.39 is 84.5 Å². The summed E-state index contributed by atoms with van der Waals surface area (Å²) in [4.78, 5) is 143. The van der Waals surface area contributed by atoms with E-state index in [1.165, 1.54) is 6.07 Å². The fourth-order valence-corrected chi connectivity index (χ4v) is 9.07. The number of rotatable bonds is 32. The SMILES string of the molecule is O=C(O)CC[C@H](NC(=O)N[C@@H](CCCCN(Cc1ccc(Br)cc1)C(=O)CCCCNC(=O)c1cc(I)cc(C(=O)NCCNC(=O)CN2CCN(CC(=O)O)CCN(CC(=O)O)CCN(CC(=O)O)CC2)c1)C(=O)O)C(=O)O. The molecule has 1 aliphatic rings. The van der Waals surface area contributed by atoms with E-state index in [2.05, 4.69) is 42.5 Å². The Balaban J connectivity index is 1.49. The Morgan fingerprint density at radius 1 is 0.532 bits per heavy atom. The molecule has 436 valence electrons. The van der Waals surface area contributed by atoms with Crippen LogP contribution in [0.25, 0.3) is 0 Å². The highest BCUT2D eigenvalue weighted by atomic mass is 127. The Morgan fingerprint density at radius 2 is 0.987 bits per heavy atom. The van der Waals surface area contributed by atoms with Crippen LogP contribution in [-0.4, -0.2) is 237 Å². The number of halogens is 2. The van der Waals surface area contributed by atoms with E-state index in [1.807, 2.05) is 46.9 Å². The predicted octanol–water partition coefficient (Wildman–Crippen LogP) is 0.545. The Kier molecular flexibility index (Phi) is 30.3. The standard InChI is InChI=1S/C50H70BrIN10O17/c51-36-9-7-33(8-10-36)28-62(16-4-2-5-38(48(75)76)56-50(79)57-39(49(77)78)11-12-42(65)66)41(64)6-1-3-13-54-46(73)34-25-35(27-37(52)26-34)47(74)55-15-14-53-40(63)29-58-17-19-59(30-43(67)68)21-23-61(32-45(71)72)24-22-60(20-18-58)31-44(69)70/h7-10,25-27,38-39H,1-6,11-24,28-32H2,(H,53,63)(H,54,73)(H,55,74)(H,65,66)(H,67,68)(H,69,70)(H,71,72)(H,75,76)(H,77,78)(H2,56,57,79)/t38-,39-/m0/s1. The highest BCUT2D eigenvalue weighted by Crippen LogP contribution is 2.16. The smallest absolute Gasteiger partial charge is 0.326 e. The van der Waals surface area contributed by atoms with Crippen molar-refractivity contribution in [2.75, 3.05) is 105 Å². The van der Waals surface area contributed by atoms with Crippen molar-refractivity contribution in [3.05, 3.63) is 67.2 Å². The maximum atomic E-state index is 13.6. The lowest BCUT2D eigenvalue weighted by Gasteiger charge is -2.32. The fourth-order valence-electron chi connectivity index (χ4n) is 8.13. The van der Waals surface area contributed by atoms with Crippen molar-refractivity contribution in [3.8, 4) is 0 Å².